The number of carbonyl (C=O) groups is 1. The van der Waals surface area contributed by atoms with E-state index in [4.69, 9.17) is 9.52 Å². The third kappa shape index (κ3) is 3.31. The van der Waals surface area contributed by atoms with Crippen molar-refractivity contribution in [2.45, 2.75) is 26.3 Å². The largest absolute Gasteiger partial charge is 0.422 e. The Kier molecular flexibility index (Phi) is 4.75. The van der Waals surface area contributed by atoms with E-state index in [9.17, 15) is 9.59 Å². The Labute approximate surface area is 122 Å². The molecule has 0 fully saturated rings. The fourth-order valence-electron chi connectivity index (χ4n) is 2.20. The molecule has 2 rings (SSSR count). The third-order valence-corrected chi connectivity index (χ3v) is 3.31. The molecule has 1 aromatic heterocycles. The molecule has 5 nitrogen and oxygen atoms in total. The van der Waals surface area contributed by atoms with E-state index < -0.39 is 5.63 Å². The Balaban J connectivity index is 2.41. The van der Waals surface area contributed by atoms with Crippen LogP contribution >= 0.6 is 0 Å². The number of para-hydroxylation sites is 1. The van der Waals surface area contributed by atoms with Crippen LogP contribution in [0.2, 0.25) is 0 Å². The summed E-state index contributed by atoms with van der Waals surface area (Å²) in [6, 6.07) is 8.59. The first-order chi connectivity index (χ1) is 10.0. The number of nitrogens with zero attached hydrogens (tertiary/aromatic N) is 1. The molecule has 5 heteroatoms. The van der Waals surface area contributed by atoms with Crippen molar-refractivity contribution in [2.75, 3.05) is 13.2 Å². The molecule has 0 bridgehead atoms. The van der Waals surface area contributed by atoms with E-state index in [0.717, 1.165) is 0 Å². The van der Waals surface area contributed by atoms with Crippen LogP contribution in [0.3, 0.4) is 0 Å². The zero-order chi connectivity index (χ0) is 15.4. The summed E-state index contributed by atoms with van der Waals surface area (Å²) in [5, 5.41) is 9.64. The predicted octanol–water partition coefficient (Wildman–Crippen LogP) is 2.03. The van der Waals surface area contributed by atoms with E-state index in [0.29, 0.717) is 23.9 Å². The minimum absolute atomic E-state index is 0.00281. The van der Waals surface area contributed by atoms with Gasteiger partial charge in [-0.1, -0.05) is 18.2 Å². The molecule has 0 saturated carbocycles. The molecular weight excluding hydrogens is 270 g/mol. The summed E-state index contributed by atoms with van der Waals surface area (Å²) in [6.45, 7) is 4.15. The first-order valence-electron chi connectivity index (χ1n) is 6.99. The maximum atomic E-state index is 12.5. The number of rotatable bonds is 5. The van der Waals surface area contributed by atoms with Crippen molar-refractivity contribution in [1.82, 2.24) is 4.90 Å². The van der Waals surface area contributed by atoms with Crippen LogP contribution < -0.4 is 5.63 Å². The van der Waals surface area contributed by atoms with Crippen LogP contribution in [0.25, 0.3) is 11.0 Å². The van der Waals surface area contributed by atoms with E-state index in [1.165, 1.54) is 0 Å². The van der Waals surface area contributed by atoms with Crippen LogP contribution in [0, 0.1) is 0 Å². The van der Waals surface area contributed by atoms with Gasteiger partial charge in [0.05, 0.1) is 0 Å². The SMILES string of the molecule is CC(C)N(CCCO)C(=O)c1cc2ccccc2oc1=O. The van der Waals surface area contributed by atoms with E-state index >= 15 is 0 Å². The summed E-state index contributed by atoms with van der Waals surface area (Å²) in [7, 11) is 0. The number of fused-ring (bicyclic) bond motifs is 1. The lowest BCUT2D eigenvalue weighted by molar-refractivity contribution is 0.0689. The van der Waals surface area contributed by atoms with Gasteiger partial charge in [-0.25, -0.2) is 4.79 Å². The quantitative estimate of drug-likeness (QED) is 0.855. The van der Waals surface area contributed by atoms with Gasteiger partial charge in [0.1, 0.15) is 11.1 Å². The number of benzene rings is 1. The summed E-state index contributed by atoms with van der Waals surface area (Å²) < 4.78 is 5.20. The lowest BCUT2D eigenvalue weighted by Gasteiger charge is -2.26. The van der Waals surface area contributed by atoms with E-state index in [1.54, 1.807) is 29.2 Å². The molecule has 1 N–H and O–H groups in total. The lowest BCUT2D eigenvalue weighted by atomic mass is 10.1. The van der Waals surface area contributed by atoms with Crippen molar-refractivity contribution in [3.63, 3.8) is 0 Å². The number of aliphatic hydroxyl groups excluding tert-OH is 1. The van der Waals surface area contributed by atoms with Crippen LogP contribution in [0.15, 0.2) is 39.5 Å². The van der Waals surface area contributed by atoms with Crippen LogP contribution in [0.5, 0.6) is 0 Å². The molecule has 0 aliphatic heterocycles. The second-order valence-electron chi connectivity index (χ2n) is 5.15. The van der Waals surface area contributed by atoms with E-state index in [2.05, 4.69) is 0 Å². The molecule has 0 aliphatic rings. The summed E-state index contributed by atoms with van der Waals surface area (Å²) in [5.74, 6) is -0.363. The van der Waals surface area contributed by atoms with E-state index in [-0.39, 0.29) is 24.1 Å². The Morgan fingerprint density at radius 3 is 2.71 bits per heavy atom. The topological polar surface area (TPSA) is 70.8 Å². The number of hydrogen-bond donors (Lipinski definition) is 1. The van der Waals surface area contributed by atoms with Gasteiger partial charge < -0.3 is 14.4 Å². The number of aliphatic hydroxyl groups is 1. The minimum Gasteiger partial charge on any atom is -0.422 e. The zero-order valence-corrected chi connectivity index (χ0v) is 12.2. The summed E-state index contributed by atoms with van der Waals surface area (Å²) >= 11 is 0. The van der Waals surface area contributed by atoms with Crippen molar-refractivity contribution >= 4 is 16.9 Å². The normalized spacial score (nSPS) is 11.0. The van der Waals surface area contributed by atoms with Crippen LogP contribution in [0.4, 0.5) is 0 Å². The second kappa shape index (κ2) is 6.54. The van der Waals surface area contributed by atoms with Gasteiger partial charge in [-0.3, -0.25) is 4.79 Å². The van der Waals surface area contributed by atoms with Gasteiger partial charge in [-0.05, 0) is 32.4 Å². The molecule has 0 aliphatic carbocycles. The monoisotopic (exact) mass is 289 g/mol. The second-order valence-corrected chi connectivity index (χ2v) is 5.15. The van der Waals surface area contributed by atoms with Crippen molar-refractivity contribution in [3.8, 4) is 0 Å². The first-order valence-corrected chi connectivity index (χ1v) is 6.99. The highest BCUT2D eigenvalue weighted by atomic mass is 16.4. The third-order valence-electron chi connectivity index (χ3n) is 3.31. The van der Waals surface area contributed by atoms with Crippen molar-refractivity contribution in [1.29, 1.82) is 0 Å². The smallest absolute Gasteiger partial charge is 0.349 e. The van der Waals surface area contributed by atoms with Crippen LogP contribution in [-0.2, 0) is 0 Å². The average molecular weight is 289 g/mol. The highest BCUT2D eigenvalue weighted by Crippen LogP contribution is 2.14. The molecule has 1 amide bonds. The first kappa shape index (κ1) is 15.3. The Morgan fingerprint density at radius 2 is 2.05 bits per heavy atom. The van der Waals surface area contributed by atoms with Crippen LogP contribution in [0.1, 0.15) is 30.6 Å². The van der Waals surface area contributed by atoms with Gasteiger partial charge >= 0.3 is 5.63 Å². The van der Waals surface area contributed by atoms with Gasteiger partial charge in [0.25, 0.3) is 5.91 Å². The molecule has 112 valence electrons. The van der Waals surface area contributed by atoms with Gasteiger partial charge in [0.2, 0.25) is 0 Å². The van der Waals surface area contributed by atoms with Crippen molar-refractivity contribution < 1.29 is 14.3 Å². The van der Waals surface area contributed by atoms with Crippen molar-refractivity contribution in [2.24, 2.45) is 0 Å². The number of hydrogen-bond acceptors (Lipinski definition) is 4. The molecule has 2 aromatic rings. The Hall–Kier alpha value is -2.14. The van der Waals surface area contributed by atoms with E-state index in [1.807, 2.05) is 19.9 Å². The minimum atomic E-state index is -0.631. The maximum absolute atomic E-state index is 12.5. The lowest BCUT2D eigenvalue weighted by Crippen LogP contribution is -2.40. The standard InChI is InChI=1S/C16H19NO4/c1-11(2)17(8-5-9-18)15(19)13-10-12-6-3-4-7-14(12)21-16(13)20/h3-4,6-7,10-11,18H,5,8-9H2,1-2H3. The van der Waals surface area contributed by atoms with Crippen LogP contribution in [-0.4, -0.2) is 35.1 Å². The molecule has 0 atom stereocenters. The number of carbonyl (C=O) groups excluding carboxylic acids is 1. The molecule has 0 saturated heterocycles. The van der Waals surface area contributed by atoms with Gasteiger partial charge in [0.15, 0.2) is 0 Å². The fraction of sp³-hybridized carbons (Fsp3) is 0.375. The Morgan fingerprint density at radius 1 is 1.33 bits per heavy atom. The van der Waals surface area contributed by atoms with Gasteiger partial charge in [0, 0.05) is 24.6 Å². The molecule has 0 spiro atoms. The molecule has 0 radical (unpaired) electrons. The Bertz CT molecular complexity index is 690. The molecule has 1 aromatic carbocycles. The summed E-state index contributed by atoms with van der Waals surface area (Å²) in [6.07, 6.45) is 0.475. The van der Waals surface area contributed by atoms with Gasteiger partial charge in [-0.2, -0.15) is 0 Å². The number of amides is 1. The zero-order valence-electron chi connectivity index (χ0n) is 12.2. The highest BCUT2D eigenvalue weighted by Gasteiger charge is 2.22. The molecule has 0 unspecified atom stereocenters. The maximum Gasteiger partial charge on any atom is 0.349 e. The predicted molar refractivity (Wildman–Crippen MR) is 80.4 cm³/mol. The summed E-state index contributed by atoms with van der Waals surface area (Å²) in [4.78, 5) is 26.1. The van der Waals surface area contributed by atoms with Gasteiger partial charge in [-0.15, -0.1) is 0 Å². The molecule has 21 heavy (non-hydrogen) atoms. The average Bonchev–Trinajstić information content (AvgIpc) is 2.46. The van der Waals surface area contributed by atoms with Crippen molar-refractivity contribution in [3.05, 3.63) is 46.3 Å². The highest BCUT2D eigenvalue weighted by molar-refractivity contribution is 5.96. The fourth-order valence-corrected chi connectivity index (χ4v) is 2.20. The molecule has 1 heterocycles. The summed E-state index contributed by atoms with van der Waals surface area (Å²) in [5.41, 5.74) is -0.140. The molecular formula is C16H19NO4.